The number of pyridine rings is 1. The predicted octanol–water partition coefficient (Wildman–Crippen LogP) is 3.90. The topological polar surface area (TPSA) is 31.4 Å². The summed E-state index contributed by atoms with van der Waals surface area (Å²) < 4.78 is 11.2. The minimum atomic E-state index is 0.555. The van der Waals surface area contributed by atoms with Crippen molar-refractivity contribution in [2.24, 2.45) is 0 Å². The van der Waals surface area contributed by atoms with Gasteiger partial charge in [-0.05, 0) is 39.0 Å². The smallest absolute Gasteiger partial charge is 0.146 e. The Labute approximate surface area is 113 Å². The molecule has 0 aliphatic heterocycles. The summed E-state index contributed by atoms with van der Waals surface area (Å²) in [6.07, 6.45) is 2.05. The average Bonchev–Trinajstić information content (AvgIpc) is 2.38. The Bertz CT molecular complexity index is 613. The van der Waals surface area contributed by atoms with Crippen LogP contribution in [0.2, 0.25) is 0 Å². The lowest BCUT2D eigenvalue weighted by molar-refractivity contribution is 0.365. The molecule has 0 bridgehead atoms. The molecule has 0 saturated heterocycles. The van der Waals surface area contributed by atoms with Crippen LogP contribution < -0.4 is 9.47 Å². The molecule has 0 amide bonds. The molecular formula is C16H19NO2. The Balaban J connectivity index is 2.44. The summed E-state index contributed by atoms with van der Waals surface area (Å²) in [5, 5.41) is 0.975. The molecule has 0 aliphatic carbocycles. The third-order valence-corrected chi connectivity index (χ3v) is 2.84. The van der Waals surface area contributed by atoms with Crippen molar-refractivity contribution < 1.29 is 9.47 Å². The summed E-state index contributed by atoms with van der Waals surface area (Å²) in [4.78, 5) is 4.56. The first kappa shape index (κ1) is 13.4. The van der Waals surface area contributed by atoms with Gasteiger partial charge in [-0.25, -0.2) is 4.98 Å². The van der Waals surface area contributed by atoms with Gasteiger partial charge in [-0.3, -0.25) is 0 Å². The quantitative estimate of drug-likeness (QED) is 0.778. The molecule has 3 nitrogen and oxygen atoms in total. The number of rotatable bonds is 4. The van der Waals surface area contributed by atoms with Crippen molar-refractivity contribution in [3.05, 3.63) is 41.6 Å². The molecule has 100 valence electrons. The van der Waals surface area contributed by atoms with E-state index < -0.39 is 0 Å². The summed E-state index contributed by atoms with van der Waals surface area (Å²) in [5.41, 5.74) is 3.01. The Morgan fingerprint density at radius 2 is 2.05 bits per heavy atom. The van der Waals surface area contributed by atoms with E-state index in [4.69, 9.17) is 9.47 Å². The highest BCUT2D eigenvalue weighted by Crippen LogP contribution is 2.31. The lowest BCUT2D eigenvalue weighted by atomic mass is 10.1. The van der Waals surface area contributed by atoms with Gasteiger partial charge in [0, 0.05) is 17.1 Å². The first-order valence-corrected chi connectivity index (χ1v) is 6.32. The molecular weight excluding hydrogens is 238 g/mol. The van der Waals surface area contributed by atoms with E-state index in [2.05, 4.69) is 18.8 Å². The Morgan fingerprint density at radius 3 is 2.74 bits per heavy atom. The van der Waals surface area contributed by atoms with Crippen molar-refractivity contribution in [1.82, 2.24) is 4.98 Å². The number of aromatic nitrogens is 1. The summed E-state index contributed by atoms with van der Waals surface area (Å²) in [7, 11) is 1.67. The zero-order chi connectivity index (χ0) is 13.8. The molecule has 1 aromatic heterocycles. The molecule has 0 unspecified atom stereocenters. The van der Waals surface area contributed by atoms with Gasteiger partial charge in [-0.1, -0.05) is 11.6 Å². The SMILES string of the molecule is COc1cc(C)nc2c(OCC=C(C)C)cccc12. The van der Waals surface area contributed by atoms with E-state index in [1.807, 2.05) is 37.3 Å². The number of aryl methyl sites for hydroxylation is 1. The molecule has 0 spiro atoms. The molecule has 0 N–H and O–H groups in total. The maximum atomic E-state index is 5.79. The van der Waals surface area contributed by atoms with Gasteiger partial charge in [0.15, 0.2) is 0 Å². The molecule has 0 radical (unpaired) electrons. The number of benzene rings is 1. The van der Waals surface area contributed by atoms with E-state index in [1.165, 1.54) is 5.57 Å². The molecule has 19 heavy (non-hydrogen) atoms. The van der Waals surface area contributed by atoms with Crippen LogP contribution >= 0.6 is 0 Å². The normalized spacial score (nSPS) is 10.3. The fraction of sp³-hybridized carbons (Fsp3) is 0.312. The first-order chi connectivity index (χ1) is 9.11. The minimum Gasteiger partial charge on any atom is -0.496 e. The Morgan fingerprint density at radius 1 is 1.26 bits per heavy atom. The second kappa shape index (κ2) is 5.74. The lowest BCUT2D eigenvalue weighted by Gasteiger charge is -2.10. The van der Waals surface area contributed by atoms with Crippen LogP contribution in [0.4, 0.5) is 0 Å². The van der Waals surface area contributed by atoms with Crippen LogP contribution in [0.1, 0.15) is 19.5 Å². The van der Waals surface area contributed by atoms with Crippen LogP contribution in [-0.2, 0) is 0 Å². The van der Waals surface area contributed by atoms with Gasteiger partial charge < -0.3 is 9.47 Å². The van der Waals surface area contributed by atoms with Crippen LogP contribution in [0, 0.1) is 6.92 Å². The predicted molar refractivity (Wildman–Crippen MR) is 78.0 cm³/mol. The van der Waals surface area contributed by atoms with E-state index in [0.717, 1.165) is 28.1 Å². The number of hydrogen-bond acceptors (Lipinski definition) is 3. The van der Waals surface area contributed by atoms with Crippen molar-refractivity contribution in [3.63, 3.8) is 0 Å². The van der Waals surface area contributed by atoms with Gasteiger partial charge >= 0.3 is 0 Å². The van der Waals surface area contributed by atoms with Gasteiger partial charge in [0.05, 0.1) is 7.11 Å². The number of nitrogens with zero attached hydrogens (tertiary/aromatic N) is 1. The lowest BCUT2D eigenvalue weighted by Crippen LogP contribution is -1.97. The van der Waals surface area contributed by atoms with Crippen molar-refractivity contribution in [1.29, 1.82) is 0 Å². The minimum absolute atomic E-state index is 0.555. The molecule has 2 aromatic rings. The molecule has 0 aliphatic rings. The second-order valence-corrected chi connectivity index (χ2v) is 4.71. The van der Waals surface area contributed by atoms with Crippen molar-refractivity contribution >= 4 is 10.9 Å². The highest BCUT2D eigenvalue weighted by Gasteiger charge is 2.08. The monoisotopic (exact) mass is 257 g/mol. The van der Waals surface area contributed by atoms with Gasteiger partial charge in [0.2, 0.25) is 0 Å². The van der Waals surface area contributed by atoms with E-state index >= 15 is 0 Å². The molecule has 1 heterocycles. The number of ether oxygens (including phenoxy) is 2. The van der Waals surface area contributed by atoms with Crippen LogP contribution in [-0.4, -0.2) is 18.7 Å². The van der Waals surface area contributed by atoms with E-state index in [1.54, 1.807) is 7.11 Å². The van der Waals surface area contributed by atoms with E-state index in [0.29, 0.717) is 6.61 Å². The zero-order valence-electron chi connectivity index (χ0n) is 11.9. The van der Waals surface area contributed by atoms with E-state index in [9.17, 15) is 0 Å². The Kier molecular flexibility index (Phi) is 4.05. The average molecular weight is 257 g/mol. The molecule has 3 heteroatoms. The highest BCUT2D eigenvalue weighted by molar-refractivity contribution is 5.90. The number of allylic oxidation sites excluding steroid dienone is 1. The number of fused-ring (bicyclic) bond motifs is 1. The Hall–Kier alpha value is -2.03. The number of para-hydroxylation sites is 1. The van der Waals surface area contributed by atoms with Gasteiger partial charge in [0.1, 0.15) is 23.6 Å². The molecule has 0 fully saturated rings. The molecule has 1 aromatic carbocycles. The fourth-order valence-corrected chi connectivity index (χ4v) is 1.90. The summed E-state index contributed by atoms with van der Waals surface area (Å²) in [6, 6.07) is 7.82. The molecule has 0 saturated carbocycles. The van der Waals surface area contributed by atoms with Crippen molar-refractivity contribution in [3.8, 4) is 11.5 Å². The maximum Gasteiger partial charge on any atom is 0.146 e. The first-order valence-electron chi connectivity index (χ1n) is 6.32. The van der Waals surface area contributed by atoms with Crippen LogP contribution in [0.5, 0.6) is 11.5 Å². The van der Waals surface area contributed by atoms with Gasteiger partial charge in [0.25, 0.3) is 0 Å². The summed E-state index contributed by atoms with van der Waals surface area (Å²) in [6.45, 7) is 6.62. The summed E-state index contributed by atoms with van der Waals surface area (Å²) >= 11 is 0. The second-order valence-electron chi connectivity index (χ2n) is 4.71. The zero-order valence-corrected chi connectivity index (χ0v) is 11.9. The van der Waals surface area contributed by atoms with Crippen molar-refractivity contribution in [2.45, 2.75) is 20.8 Å². The number of methoxy groups -OCH3 is 1. The van der Waals surface area contributed by atoms with Crippen molar-refractivity contribution in [2.75, 3.05) is 13.7 Å². The highest BCUT2D eigenvalue weighted by atomic mass is 16.5. The molecule has 0 atom stereocenters. The van der Waals surface area contributed by atoms with E-state index in [-0.39, 0.29) is 0 Å². The largest absolute Gasteiger partial charge is 0.496 e. The number of hydrogen-bond donors (Lipinski definition) is 0. The molecule has 2 rings (SSSR count). The maximum absolute atomic E-state index is 5.79. The van der Waals surface area contributed by atoms with Gasteiger partial charge in [-0.15, -0.1) is 0 Å². The third-order valence-electron chi connectivity index (χ3n) is 2.84. The third kappa shape index (κ3) is 3.05. The van der Waals surface area contributed by atoms with Crippen LogP contribution in [0.15, 0.2) is 35.9 Å². The summed E-state index contributed by atoms with van der Waals surface area (Å²) in [5.74, 6) is 1.62. The standard InChI is InChI=1S/C16H19NO2/c1-11(2)8-9-19-14-7-5-6-13-15(18-4)10-12(3)17-16(13)14/h5-8,10H,9H2,1-4H3. The van der Waals surface area contributed by atoms with Gasteiger partial charge in [-0.2, -0.15) is 0 Å². The van der Waals surface area contributed by atoms with Crippen LogP contribution in [0.25, 0.3) is 10.9 Å². The van der Waals surface area contributed by atoms with Crippen LogP contribution in [0.3, 0.4) is 0 Å². The fourth-order valence-electron chi connectivity index (χ4n) is 1.90.